The molecule has 0 fully saturated rings. The van der Waals surface area contributed by atoms with Crippen molar-refractivity contribution in [1.82, 2.24) is 9.44 Å². The molecule has 0 aliphatic carbocycles. The summed E-state index contributed by atoms with van der Waals surface area (Å²) in [7, 11) is -13.6. The van der Waals surface area contributed by atoms with Gasteiger partial charge in [-0.05, 0) is 48.0 Å². The molecule has 2 aromatic rings. The molecule has 2 rings (SSSR count). The first-order valence-corrected chi connectivity index (χ1v) is 19.3. The van der Waals surface area contributed by atoms with Gasteiger partial charge < -0.3 is 0 Å². The highest BCUT2D eigenvalue weighted by Gasteiger charge is 2.42. The number of sulfone groups is 1. The Bertz CT molecular complexity index is 1310. The first kappa shape index (κ1) is 33.5. The van der Waals surface area contributed by atoms with E-state index in [2.05, 4.69) is 9.44 Å². The minimum atomic E-state index is -5.24. The Kier molecular flexibility index (Phi) is 13.1. The van der Waals surface area contributed by atoms with Crippen molar-refractivity contribution in [3.8, 4) is 0 Å². The second kappa shape index (κ2) is 15.3. The van der Waals surface area contributed by atoms with E-state index in [9.17, 15) is 34.8 Å². The highest BCUT2D eigenvalue weighted by atomic mass is 32.2. The number of carbonyl (C=O) groups excluding carboxylic acids is 2. The fourth-order valence-corrected chi connectivity index (χ4v) is 8.64. The molecule has 0 aliphatic heterocycles. The van der Waals surface area contributed by atoms with Crippen molar-refractivity contribution < 1.29 is 34.8 Å². The topological polar surface area (TPSA) is 161 Å². The summed E-state index contributed by atoms with van der Waals surface area (Å²) in [6, 6.07) is 12.8. The number of benzene rings is 2. The van der Waals surface area contributed by atoms with Gasteiger partial charge in [0.25, 0.3) is 20.1 Å². The minimum Gasteiger partial charge on any atom is -0.279 e. The highest BCUT2D eigenvalue weighted by molar-refractivity contribution is 8.19. The van der Waals surface area contributed by atoms with Gasteiger partial charge in [0, 0.05) is 0 Å². The largest absolute Gasteiger partial charge is 0.279 e. The average Bonchev–Trinajstić information content (AvgIpc) is 2.88. The van der Waals surface area contributed by atoms with E-state index in [-0.39, 0.29) is 24.3 Å². The summed E-state index contributed by atoms with van der Waals surface area (Å²) in [5.41, 5.74) is 0.843. The van der Waals surface area contributed by atoms with E-state index < -0.39 is 63.7 Å². The van der Waals surface area contributed by atoms with Crippen LogP contribution in [0.1, 0.15) is 24.0 Å². The Morgan fingerprint density at radius 1 is 0.641 bits per heavy atom. The van der Waals surface area contributed by atoms with Crippen molar-refractivity contribution in [2.24, 2.45) is 0 Å². The Morgan fingerprint density at radius 3 is 1.28 bits per heavy atom. The zero-order valence-corrected chi connectivity index (χ0v) is 25.6. The maximum atomic E-state index is 13.1. The van der Waals surface area contributed by atoms with Gasteiger partial charge in [-0.1, -0.05) is 60.7 Å². The fourth-order valence-electron chi connectivity index (χ4n) is 3.50. The smallest absolute Gasteiger partial charge is 0.276 e. The van der Waals surface area contributed by atoms with Crippen molar-refractivity contribution in [1.29, 1.82) is 0 Å². The quantitative estimate of drug-likeness (QED) is 0.279. The van der Waals surface area contributed by atoms with E-state index in [1.165, 1.54) is 23.5 Å². The number of hydrogen-bond acceptors (Lipinski definition) is 10. The summed E-state index contributed by atoms with van der Waals surface area (Å²) < 4.78 is 81.6. The maximum absolute atomic E-state index is 13.1. The van der Waals surface area contributed by atoms with Crippen LogP contribution in [0.25, 0.3) is 0 Å². The number of sulfonamides is 2. The molecule has 10 nitrogen and oxygen atoms in total. The molecule has 2 N–H and O–H groups in total. The third kappa shape index (κ3) is 11.0. The van der Waals surface area contributed by atoms with Crippen LogP contribution in [-0.4, -0.2) is 71.6 Å². The van der Waals surface area contributed by atoms with E-state index in [0.717, 1.165) is 0 Å². The zero-order valence-electron chi connectivity index (χ0n) is 21.5. The predicted molar refractivity (Wildman–Crippen MR) is 157 cm³/mol. The standard InChI is InChI=1S/C24H32N2O8S5/c1-35-15-13-21(25-37(29,30)17-19-9-5-3-6-10-19)23(27)39(33,34)24(28)22(14-16-36-2)26-38(31,32)18-20-11-7-4-8-12-20/h3-12,21-22,25-26H,13-18H2,1-2H3/t21-,22-/m1/s1. The SMILES string of the molecule is CSCC[C@@H](NS(=O)(=O)Cc1ccccc1)C(=O)S(=O)(=O)C(=O)[C@@H](CCSC)NS(=O)(=O)Cc1ccccc1. The minimum absolute atomic E-state index is 0.185. The Labute approximate surface area is 239 Å². The van der Waals surface area contributed by atoms with Crippen LogP contribution < -0.4 is 9.44 Å². The molecular formula is C24H32N2O8S5. The Balaban J connectivity index is 2.29. The molecule has 0 spiro atoms. The summed E-state index contributed by atoms with van der Waals surface area (Å²) in [6.07, 6.45) is 3.02. The first-order valence-electron chi connectivity index (χ1n) is 11.7. The van der Waals surface area contributed by atoms with Gasteiger partial charge in [0.1, 0.15) is 0 Å². The Morgan fingerprint density at radius 2 is 0.974 bits per heavy atom. The third-order valence-electron chi connectivity index (χ3n) is 5.36. The second-order valence-electron chi connectivity index (χ2n) is 8.53. The average molecular weight is 637 g/mol. The van der Waals surface area contributed by atoms with Crippen LogP contribution in [-0.2, 0) is 51.0 Å². The van der Waals surface area contributed by atoms with Crippen molar-refractivity contribution in [2.45, 2.75) is 36.4 Å². The summed E-state index contributed by atoms with van der Waals surface area (Å²) in [5.74, 6) is -0.539. The summed E-state index contributed by atoms with van der Waals surface area (Å²) >= 11 is 2.52. The molecule has 0 amide bonds. The normalized spacial score (nSPS) is 14.0. The lowest BCUT2D eigenvalue weighted by atomic mass is 10.2. The molecule has 0 saturated carbocycles. The number of thioether (sulfide) groups is 2. The predicted octanol–water partition coefficient (Wildman–Crippen LogP) is 1.94. The van der Waals surface area contributed by atoms with Crippen LogP contribution in [0.2, 0.25) is 0 Å². The van der Waals surface area contributed by atoms with E-state index in [1.54, 1.807) is 73.2 Å². The van der Waals surface area contributed by atoms with Crippen LogP contribution in [0.3, 0.4) is 0 Å². The molecule has 0 aromatic heterocycles. The Hall–Kier alpha value is -1.75. The van der Waals surface area contributed by atoms with E-state index >= 15 is 0 Å². The third-order valence-corrected chi connectivity index (χ3v) is 11.0. The summed E-state index contributed by atoms with van der Waals surface area (Å²) in [5, 5.41) is -3.23. The van der Waals surface area contributed by atoms with Crippen LogP contribution in [0.15, 0.2) is 60.7 Å². The lowest BCUT2D eigenvalue weighted by molar-refractivity contribution is -0.116. The van der Waals surface area contributed by atoms with Gasteiger partial charge in [0.15, 0.2) is 0 Å². The zero-order chi connectivity index (χ0) is 29.1. The lowest BCUT2D eigenvalue weighted by Crippen LogP contribution is -2.51. The maximum Gasteiger partial charge on any atom is 0.276 e. The van der Waals surface area contributed by atoms with Gasteiger partial charge in [-0.15, -0.1) is 0 Å². The summed E-state index contributed by atoms with van der Waals surface area (Å²) in [6.45, 7) is 0. The summed E-state index contributed by atoms with van der Waals surface area (Å²) in [4.78, 5) is 26.3. The van der Waals surface area contributed by atoms with Crippen molar-refractivity contribution >= 4 is 63.6 Å². The number of carbonyl (C=O) groups is 2. The molecule has 2 atom stereocenters. The number of nitrogens with one attached hydrogen (secondary N) is 2. The van der Waals surface area contributed by atoms with Crippen molar-refractivity contribution in [3.63, 3.8) is 0 Å². The van der Waals surface area contributed by atoms with E-state index in [1.807, 2.05) is 0 Å². The fraction of sp³-hybridized carbons (Fsp3) is 0.417. The van der Waals surface area contributed by atoms with Gasteiger partial charge in [-0.2, -0.15) is 23.5 Å². The van der Waals surface area contributed by atoms with Crippen molar-refractivity contribution in [2.75, 3.05) is 24.0 Å². The monoisotopic (exact) mass is 636 g/mol. The van der Waals surface area contributed by atoms with Gasteiger partial charge >= 0.3 is 0 Å². The molecule has 39 heavy (non-hydrogen) atoms. The molecule has 216 valence electrons. The lowest BCUT2D eigenvalue weighted by Gasteiger charge is -2.20. The van der Waals surface area contributed by atoms with Crippen molar-refractivity contribution in [3.05, 3.63) is 71.8 Å². The molecule has 0 aliphatic rings. The van der Waals surface area contributed by atoms with E-state index in [0.29, 0.717) is 11.1 Å². The highest BCUT2D eigenvalue weighted by Crippen LogP contribution is 2.15. The molecule has 0 unspecified atom stereocenters. The van der Waals surface area contributed by atoms with Gasteiger partial charge in [-0.25, -0.2) is 34.7 Å². The molecule has 0 saturated heterocycles. The molecular weight excluding hydrogens is 605 g/mol. The molecule has 15 heteroatoms. The molecule has 0 radical (unpaired) electrons. The molecule has 2 aromatic carbocycles. The number of rotatable bonds is 16. The van der Waals surface area contributed by atoms with Crippen LogP contribution >= 0.6 is 23.5 Å². The van der Waals surface area contributed by atoms with Gasteiger partial charge in [0.2, 0.25) is 20.0 Å². The van der Waals surface area contributed by atoms with Gasteiger partial charge in [0.05, 0.1) is 23.6 Å². The molecule has 0 bridgehead atoms. The number of hydrogen-bond donors (Lipinski definition) is 2. The van der Waals surface area contributed by atoms with Gasteiger partial charge in [-0.3, -0.25) is 9.59 Å². The first-order chi connectivity index (χ1) is 18.3. The molecule has 0 heterocycles. The van der Waals surface area contributed by atoms with E-state index in [4.69, 9.17) is 0 Å². The van der Waals surface area contributed by atoms with Crippen LogP contribution in [0.5, 0.6) is 0 Å². The van der Waals surface area contributed by atoms with Crippen LogP contribution in [0.4, 0.5) is 0 Å². The van der Waals surface area contributed by atoms with Crippen LogP contribution in [0, 0.1) is 0 Å². The second-order valence-corrected chi connectivity index (χ2v) is 15.8.